The molecule has 0 fully saturated rings. The van der Waals surface area contributed by atoms with Crippen molar-refractivity contribution in [2.24, 2.45) is 0 Å². The third kappa shape index (κ3) is 25.6. The molecule has 0 aliphatic heterocycles. The van der Waals surface area contributed by atoms with Crippen LogP contribution >= 0.6 is 0 Å². The summed E-state index contributed by atoms with van der Waals surface area (Å²) in [4.78, 5) is 23.7. The highest BCUT2D eigenvalue weighted by Gasteiger charge is 2.15. The lowest BCUT2D eigenvalue weighted by molar-refractivity contribution is 0.0141. The summed E-state index contributed by atoms with van der Waals surface area (Å²) in [5.74, 6) is 0. The van der Waals surface area contributed by atoms with Crippen LogP contribution in [-0.4, -0.2) is 49.7 Å². The van der Waals surface area contributed by atoms with Gasteiger partial charge in [-0.25, -0.2) is 9.59 Å². The van der Waals surface area contributed by atoms with E-state index in [0.717, 1.165) is 25.7 Å². The zero-order chi connectivity index (χ0) is 26.5. The van der Waals surface area contributed by atoms with E-state index in [0.29, 0.717) is 13.1 Å². The van der Waals surface area contributed by atoms with Crippen LogP contribution in [-0.2, 0) is 9.47 Å². The second-order valence-electron chi connectivity index (χ2n) is 10.0. The van der Waals surface area contributed by atoms with Crippen LogP contribution in [0.2, 0.25) is 0 Å². The molecule has 0 aliphatic carbocycles. The predicted octanol–water partition coefficient (Wildman–Crippen LogP) is 7.64. The molecule has 1 atom stereocenters. The second kappa shape index (κ2) is 28.1. The smallest absolute Gasteiger partial charge is 0.407 e. The molecule has 0 spiro atoms. The van der Waals surface area contributed by atoms with Crippen LogP contribution < -0.4 is 10.6 Å². The normalized spacial score (nSPS) is 11.8. The number of ether oxygens (including phenoxy) is 2. The Balaban J connectivity index is 3.57. The van der Waals surface area contributed by atoms with Gasteiger partial charge in [0.1, 0.15) is 6.61 Å². The van der Waals surface area contributed by atoms with Crippen molar-refractivity contribution in [3.8, 4) is 0 Å². The Kier molecular flexibility index (Phi) is 26.9. The predicted molar refractivity (Wildman–Crippen MR) is 148 cm³/mol. The van der Waals surface area contributed by atoms with Crippen molar-refractivity contribution in [2.45, 2.75) is 148 Å². The molecule has 0 saturated heterocycles. The summed E-state index contributed by atoms with van der Waals surface area (Å²) < 4.78 is 10.2. The monoisotopic (exact) mass is 514 g/mol. The van der Waals surface area contributed by atoms with Gasteiger partial charge in [-0.1, -0.05) is 129 Å². The highest BCUT2D eigenvalue weighted by atomic mass is 16.6. The Morgan fingerprint density at radius 2 is 0.944 bits per heavy atom. The molecule has 3 N–H and O–H groups in total. The van der Waals surface area contributed by atoms with Gasteiger partial charge in [0, 0.05) is 13.1 Å². The van der Waals surface area contributed by atoms with E-state index in [4.69, 9.17) is 9.47 Å². The number of carbonyl (C=O) groups excluding carboxylic acids is 2. The van der Waals surface area contributed by atoms with Crippen LogP contribution in [0.5, 0.6) is 0 Å². The van der Waals surface area contributed by atoms with Crippen LogP contribution in [0.25, 0.3) is 0 Å². The number of hydrogen-bond donors (Lipinski definition) is 3. The van der Waals surface area contributed by atoms with E-state index in [1.165, 1.54) is 103 Å². The van der Waals surface area contributed by atoms with Crippen molar-refractivity contribution in [3.05, 3.63) is 0 Å². The fourth-order valence-corrected chi connectivity index (χ4v) is 4.14. The minimum atomic E-state index is -0.860. The Labute approximate surface area is 221 Å². The summed E-state index contributed by atoms with van der Waals surface area (Å²) in [6.07, 6.45) is 22.8. The van der Waals surface area contributed by atoms with Gasteiger partial charge in [-0.3, -0.25) is 0 Å². The maximum Gasteiger partial charge on any atom is 0.407 e. The van der Waals surface area contributed by atoms with E-state index >= 15 is 0 Å². The molecule has 0 rings (SSSR count). The lowest BCUT2D eigenvalue weighted by Crippen LogP contribution is -2.36. The van der Waals surface area contributed by atoms with Crippen LogP contribution in [0.4, 0.5) is 9.59 Å². The van der Waals surface area contributed by atoms with E-state index in [1.54, 1.807) is 0 Å². The number of alkyl carbamates (subject to hydrolysis) is 2. The van der Waals surface area contributed by atoms with E-state index in [9.17, 15) is 14.7 Å². The summed E-state index contributed by atoms with van der Waals surface area (Å²) in [6, 6.07) is 0. The summed E-state index contributed by atoms with van der Waals surface area (Å²) in [6.45, 7) is 5.04. The average molecular weight is 515 g/mol. The van der Waals surface area contributed by atoms with E-state index < -0.39 is 24.9 Å². The average Bonchev–Trinajstić information content (AvgIpc) is 2.88. The molecule has 36 heavy (non-hydrogen) atoms. The molecule has 0 bridgehead atoms. The van der Waals surface area contributed by atoms with Crippen LogP contribution in [0.1, 0.15) is 142 Å². The lowest BCUT2D eigenvalue weighted by atomic mass is 10.1. The van der Waals surface area contributed by atoms with E-state index in [-0.39, 0.29) is 6.61 Å². The van der Waals surface area contributed by atoms with Gasteiger partial charge in [-0.15, -0.1) is 0 Å². The van der Waals surface area contributed by atoms with Gasteiger partial charge >= 0.3 is 12.2 Å². The van der Waals surface area contributed by atoms with Crippen molar-refractivity contribution in [3.63, 3.8) is 0 Å². The number of nitrogens with one attached hydrogen (secondary N) is 2. The molecule has 2 amide bonds. The molecule has 0 saturated carbocycles. The highest BCUT2D eigenvalue weighted by Crippen LogP contribution is 2.11. The number of hydrogen-bond acceptors (Lipinski definition) is 5. The number of aliphatic hydroxyl groups excluding tert-OH is 1. The first kappa shape index (κ1) is 34.5. The molecule has 1 unspecified atom stereocenters. The number of rotatable bonds is 26. The molecular weight excluding hydrogens is 456 g/mol. The molecule has 7 heteroatoms. The molecule has 7 nitrogen and oxygen atoms in total. The Bertz CT molecular complexity index is 490. The van der Waals surface area contributed by atoms with Crippen molar-refractivity contribution in [1.29, 1.82) is 0 Å². The van der Waals surface area contributed by atoms with Crippen molar-refractivity contribution >= 4 is 12.2 Å². The molecule has 0 aliphatic rings. The van der Waals surface area contributed by atoms with Gasteiger partial charge in [0.05, 0.1) is 6.61 Å². The van der Waals surface area contributed by atoms with Gasteiger partial charge in [0.2, 0.25) is 0 Å². The number of amides is 2. The standard InChI is InChI=1S/C29H58N2O5/c1-3-5-7-9-11-13-15-17-19-21-23-30-28(33)35-26-27(25-32)36-29(34)31-24-22-20-18-16-14-12-10-8-6-4-2/h27,32H,3-26H2,1-2H3,(H,30,33)(H,31,34). The summed E-state index contributed by atoms with van der Waals surface area (Å²) in [7, 11) is 0. The fraction of sp³-hybridized carbons (Fsp3) is 0.931. The molecule has 214 valence electrons. The zero-order valence-corrected chi connectivity index (χ0v) is 23.6. The Hall–Kier alpha value is -1.50. The van der Waals surface area contributed by atoms with Crippen molar-refractivity contribution in [1.82, 2.24) is 10.6 Å². The molecule has 0 aromatic heterocycles. The Morgan fingerprint density at radius 1 is 0.583 bits per heavy atom. The second-order valence-corrected chi connectivity index (χ2v) is 10.0. The topological polar surface area (TPSA) is 96.9 Å². The van der Waals surface area contributed by atoms with Gasteiger partial charge in [0.15, 0.2) is 6.10 Å². The zero-order valence-electron chi connectivity index (χ0n) is 23.6. The molecule has 0 heterocycles. The quantitative estimate of drug-likeness (QED) is 0.103. The molecule has 0 aromatic rings. The fourth-order valence-electron chi connectivity index (χ4n) is 4.14. The third-order valence-corrected chi connectivity index (χ3v) is 6.48. The maximum atomic E-state index is 11.9. The van der Waals surface area contributed by atoms with Gasteiger partial charge in [-0.2, -0.15) is 0 Å². The van der Waals surface area contributed by atoms with Crippen molar-refractivity contribution in [2.75, 3.05) is 26.3 Å². The van der Waals surface area contributed by atoms with Crippen molar-refractivity contribution < 1.29 is 24.2 Å². The number of carbonyl (C=O) groups is 2. The largest absolute Gasteiger partial charge is 0.446 e. The van der Waals surface area contributed by atoms with E-state index in [1.807, 2.05) is 0 Å². The van der Waals surface area contributed by atoms with Crippen LogP contribution in [0, 0.1) is 0 Å². The third-order valence-electron chi connectivity index (χ3n) is 6.48. The van der Waals surface area contributed by atoms with Gasteiger partial charge < -0.3 is 25.2 Å². The summed E-state index contributed by atoms with van der Waals surface area (Å²) in [5, 5.41) is 14.8. The summed E-state index contributed by atoms with van der Waals surface area (Å²) >= 11 is 0. The number of unbranched alkanes of at least 4 members (excludes halogenated alkanes) is 18. The first-order valence-corrected chi connectivity index (χ1v) is 15.1. The maximum absolute atomic E-state index is 11.9. The van der Waals surface area contributed by atoms with E-state index in [2.05, 4.69) is 24.5 Å². The van der Waals surface area contributed by atoms with Crippen LogP contribution in [0.3, 0.4) is 0 Å². The highest BCUT2D eigenvalue weighted by molar-refractivity contribution is 5.68. The Morgan fingerprint density at radius 3 is 1.33 bits per heavy atom. The molecule has 0 radical (unpaired) electrons. The minimum Gasteiger partial charge on any atom is -0.446 e. The minimum absolute atomic E-state index is 0.161. The van der Waals surface area contributed by atoms with Gasteiger partial charge in [-0.05, 0) is 12.8 Å². The first-order valence-electron chi connectivity index (χ1n) is 15.1. The summed E-state index contributed by atoms with van der Waals surface area (Å²) in [5.41, 5.74) is 0. The van der Waals surface area contributed by atoms with Gasteiger partial charge in [0.25, 0.3) is 0 Å². The molecular formula is C29H58N2O5. The lowest BCUT2D eigenvalue weighted by Gasteiger charge is -2.16. The SMILES string of the molecule is CCCCCCCCCCCCNC(=O)OCC(CO)OC(=O)NCCCCCCCCCCCC. The number of aliphatic hydroxyl groups is 1. The van der Waals surface area contributed by atoms with Crippen LogP contribution in [0.15, 0.2) is 0 Å². The molecule has 0 aromatic carbocycles. The first-order chi connectivity index (χ1) is 17.6.